The molecule has 0 saturated carbocycles. The van der Waals surface area contributed by atoms with Gasteiger partial charge in [0.1, 0.15) is 0 Å². The fourth-order valence-electron chi connectivity index (χ4n) is 2.58. The Kier molecular flexibility index (Phi) is 4.72. The van der Waals surface area contributed by atoms with Gasteiger partial charge in [-0.1, -0.05) is 0 Å². The Morgan fingerprint density at radius 1 is 1.48 bits per heavy atom. The van der Waals surface area contributed by atoms with E-state index in [-0.39, 0.29) is 17.4 Å². The zero-order chi connectivity index (χ0) is 16.1. The molecule has 1 amide bonds. The number of rotatable bonds is 3. The number of carbonyl (C=O) groups is 1. The molecule has 0 aliphatic carbocycles. The summed E-state index contributed by atoms with van der Waals surface area (Å²) in [6, 6.07) is 4.81. The van der Waals surface area contributed by atoms with Crippen LogP contribution in [-0.2, 0) is 11.2 Å². The monoisotopic (exact) mass is 315 g/mol. The van der Waals surface area contributed by atoms with Gasteiger partial charge in [0.2, 0.25) is 0 Å². The van der Waals surface area contributed by atoms with E-state index in [4.69, 9.17) is 4.74 Å². The van der Waals surface area contributed by atoms with Crippen LogP contribution in [0.5, 0.6) is 0 Å². The Morgan fingerprint density at radius 3 is 3.17 bits per heavy atom. The second-order valence-electron chi connectivity index (χ2n) is 5.41. The Labute approximate surface area is 132 Å². The summed E-state index contributed by atoms with van der Waals surface area (Å²) in [5.41, 5.74) is 0.829. The normalized spacial score (nSPS) is 18.4. The molecule has 120 valence electrons. The van der Waals surface area contributed by atoms with Crippen molar-refractivity contribution in [2.75, 3.05) is 26.3 Å². The summed E-state index contributed by atoms with van der Waals surface area (Å²) in [6.07, 6.45) is 3.50. The van der Waals surface area contributed by atoms with Crippen molar-refractivity contribution in [2.24, 2.45) is 5.92 Å². The minimum absolute atomic E-state index is 0.0763. The molecule has 1 N–H and O–H groups in total. The molecule has 3 rings (SSSR count). The molecule has 1 aliphatic rings. The molecule has 8 nitrogen and oxygen atoms in total. The maximum atomic E-state index is 12.5. The number of carbonyl (C=O) groups excluding carboxylic acids is 1. The van der Waals surface area contributed by atoms with Crippen molar-refractivity contribution in [1.82, 2.24) is 25.1 Å². The lowest BCUT2D eigenvalue weighted by Crippen LogP contribution is -2.37. The van der Waals surface area contributed by atoms with Gasteiger partial charge in [0, 0.05) is 37.0 Å². The van der Waals surface area contributed by atoms with E-state index in [0.717, 1.165) is 0 Å². The lowest BCUT2D eigenvalue weighted by atomic mass is 10.0. The highest BCUT2D eigenvalue weighted by atomic mass is 16.5. The van der Waals surface area contributed by atoms with Crippen molar-refractivity contribution in [1.29, 1.82) is 0 Å². The third kappa shape index (κ3) is 3.98. The average molecular weight is 315 g/mol. The fraction of sp³-hybridized carbons (Fsp3) is 0.400. The summed E-state index contributed by atoms with van der Waals surface area (Å²) in [7, 11) is 0. The van der Waals surface area contributed by atoms with Gasteiger partial charge in [-0.3, -0.25) is 9.59 Å². The molecular weight excluding hydrogens is 298 g/mol. The van der Waals surface area contributed by atoms with Crippen molar-refractivity contribution < 1.29 is 9.53 Å². The molecule has 0 unspecified atom stereocenters. The first-order valence-corrected chi connectivity index (χ1v) is 7.40. The highest BCUT2D eigenvalue weighted by Crippen LogP contribution is 2.13. The van der Waals surface area contributed by atoms with E-state index in [1.165, 1.54) is 18.6 Å². The van der Waals surface area contributed by atoms with Crippen LogP contribution in [-0.4, -0.2) is 57.3 Å². The van der Waals surface area contributed by atoms with Gasteiger partial charge in [0.15, 0.2) is 5.69 Å². The van der Waals surface area contributed by atoms with E-state index in [1.807, 2.05) is 0 Å². The standard InChI is InChI=1S/C15H17N5O3/c21-14-7-12(16-10-17-14)6-11-8-20(4-5-23-9-11)15(22)13-2-1-3-18-19-13/h1-3,7,10-11H,4-6,8-9H2,(H,16,17,21)/t11-/m0/s1. The Hall–Kier alpha value is -2.61. The van der Waals surface area contributed by atoms with Gasteiger partial charge in [0.05, 0.1) is 19.5 Å². The van der Waals surface area contributed by atoms with Crippen LogP contribution in [0, 0.1) is 5.92 Å². The molecule has 1 saturated heterocycles. The predicted molar refractivity (Wildman–Crippen MR) is 80.8 cm³/mol. The summed E-state index contributed by atoms with van der Waals surface area (Å²) in [5.74, 6) is -0.0834. The van der Waals surface area contributed by atoms with Crippen LogP contribution in [0.15, 0.2) is 35.5 Å². The number of hydrogen-bond acceptors (Lipinski definition) is 6. The smallest absolute Gasteiger partial charge is 0.274 e. The van der Waals surface area contributed by atoms with Gasteiger partial charge < -0.3 is 14.6 Å². The molecular formula is C15H17N5O3. The van der Waals surface area contributed by atoms with Gasteiger partial charge in [-0.2, -0.15) is 5.10 Å². The number of ether oxygens (including phenoxy) is 1. The number of aromatic amines is 1. The summed E-state index contributed by atoms with van der Waals surface area (Å²) >= 11 is 0. The number of aromatic nitrogens is 4. The highest BCUT2D eigenvalue weighted by Gasteiger charge is 2.24. The zero-order valence-corrected chi connectivity index (χ0v) is 12.5. The molecule has 0 bridgehead atoms. The van der Waals surface area contributed by atoms with Crippen LogP contribution in [0.1, 0.15) is 16.2 Å². The van der Waals surface area contributed by atoms with Crippen LogP contribution in [0.3, 0.4) is 0 Å². The molecule has 23 heavy (non-hydrogen) atoms. The van der Waals surface area contributed by atoms with Crippen LogP contribution < -0.4 is 5.56 Å². The summed E-state index contributed by atoms with van der Waals surface area (Å²) in [6.45, 7) is 2.04. The van der Waals surface area contributed by atoms with Crippen molar-refractivity contribution in [3.63, 3.8) is 0 Å². The third-order valence-corrected chi connectivity index (χ3v) is 3.65. The maximum absolute atomic E-state index is 12.5. The van der Waals surface area contributed by atoms with E-state index < -0.39 is 0 Å². The number of hydrogen-bond donors (Lipinski definition) is 1. The van der Waals surface area contributed by atoms with Gasteiger partial charge in [-0.05, 0) is 18.6 Å². The van der Waals surface area contributed by atoms with Gasteiger partial charge in [0.25, 0.3) is 11.5 Å². The highest BCUT2D eigenvalue weighted by molar-refractivity contribution is 5.92. The molecule has 3 heterocycles. The maximum Gasteiger partial charge on any atom is 0.274 e. The molecule has 2 aromatic rings. The van der Waals surface area contributed by atoms with Crippen molar-refractivity contribution in [2.45, 2.75) is 6.42 Å². The van der Waals surface area contributed by atoms with Crippen molar-refractivity contribution in [3.05, 3.63) is 52.5 Å². The summed E-state index contributed by atoms with van der Waals surface area (Å²) in [4.78, 5) is 32.2. The average Bonchev–Trinajstić information content (AvgIpc) is 2.80. The Morgan fingerprint density at radius 2 is 2.39 bits per heavy atom. The van der Waals surface area contributed by atoms with E-state index in [9.17, 15) is 9.59 Å². The molecule has 0 aromatic carbocycles. The first-order valence-electron chi connectivity index (χ1n) is 7.40. The lowest BCUT2D eigenvalue weighted by molar-refractivity contribution is 0.0730. The Bertz CT molecular complexity index is 718. The molecule has 1 fully saturated rings. The van der Waals surface area contributed by atoms with Crippen LogP contribution in [0.2, 0.25) is 0 Å². The van der Waals surface area contributed by atoms with Gasteiger partial charge >= 0.3 is 0 Å². The van der Waals surface area contributed by atoms with Crippen molar-refractivity contribution >= 4 is 5.91 Å². The zero-order valence-electron chi connectivity index (χ0n) is 12.5. The van der Waals surface area contributed by atoms with Crippen LogP contribution in [0.4, 0.5) is 0 Å². The predicted octanol–water partition coefficient (Wildman–Crippen LogP) is -0.109. The number of nitrogens with zero attached hydrogens (tertiary/aromatic N) is 4. The number of nitrogens with one attached hydrogen (secondary N) is 1. The molecule has 8 heteroatoms. The van der Waals surface area contributed by atoms with Crippen LogP contribution >= 0.6 is 0 Å². The van der Waals surface area contributed by atoms with E-state index >= 15 is 0 Å². The largest absolute Gasteiger partial charge is 0.379 e. The quantitative estimate of drug-likeness (QED) is 0.848. The second kappa shape index (κ2) is 7.10. The Balaban J connectivity index is 1.71. The molecule has 0 spiro atoms. The summed E-state index contributed by atoms with van der Waals surface area (Å²) < 4.78 is 5.58. The van der Waals surface area contributed by atoms with Crippen molar-refractivity contribution in [3.8, 4) is 0 Å². The first-order chi connectivity index (χ1) is 11.2. The molecule has 2 aromatic heterocycles. The third-order valence-electron chi connectivity index (χ3n) is 3.65. The minimum Gasteiger partial charge on any atom is -0.379 e. The molecule has 1 atom stereocenters. The second-order valence-corrected chi connectivity index (χ2v) is 5.41. The first kappa shape index (κ1) is 15.3. The van der Waals surface area contributed by atoms with E-state index in [2.05, 4.69) is 20.2 Å². The summed E-state index contributed by atoms with van der Waals surface area (Å²) in [5, 5.41) is 7.61. The number of amides is 1. The van der Waals surface area contributed by atoms with Gasteiger partial charge in [-0.25, -0.2) is 4.98 Å². The van der Waals surface area contributed by atoms with E-state index in [0.29, 0.717) is 44.1 Å². The topological polar surface area (TPSA) is 101 Å². The van der Waals surface area contributed by atoms with Gasteiger partial charge in [-0.15, -0.1) is 5.10 Å². The fourth-order valence-corrected chi connectivity index (χ4v) is 2.58. The number of H-pyrrole nitrogens is 1. The molecule has 1 aliphatic heterocycles. The SMILES string of the molecule is O=C(c1cccnn1)N1CCOC[C@@H](Cc2cc(=O)[nH]cn2)C1. The van der Waals surface area contributed by atoms with Crippen LogP contribution in [0.25, 0.3) is 0 Å². The minimum atomic E-state index is -0.183. The molecule has 0 radical (unpaired) electrons. The van der Waals surface area contributed by atoms with E-state index in [1.54, 1.807) is 17.0 Å². The lowest BCUT2D eigenvalue weighted by Gasteiger charge is -2.22.